The summed E-state index contributed by atoms with van der Waals surface area (Å²) in [6.07, 6.45) is 0.0220. The van der Waals surface area contributed by atoms with Crippen molar-refractivity contribution in [1.29, 1.82) is 0 Å². The molecule has 4 N–H and O–H groups in total. The van der Waals surface area contributed by atoms with E-state index in [1.165, 1.54) is 12.1 Å². The van der Waals surface area contributed by atoms with E-state index in [1.54, 1.807) is 22.6 Å². The Morgan fingerprint density at radius 2 is 1.90 bits per heavy atom. The van der Waals surface area contributed by atoms with Crippen LogP contribution in [0.3, 0.4) is 0 Å². The van der Waals surface area contributed by atoms with E-state index < -0.39 is 26.0 Å². The number of sulfonamides is 2. The van der Waals surface area contributed by atoms with Gasteiger partial charge in [0.25, 0.3) is 0 Å². The van der Waals surface area contributed by atoms with Gasteiger partial charge in [-0.2, -0.15) is 0 Å². The van der Waals surface area contributed by atoms with E-state index in [1.807, 2.05) is 0 Å². The lowest BCUT2D eigenvalue weighted by atomic mass is 10.2. The van der Waals surface area contributed by atoms with Crippen LogP contribution in [0.25, 0.3) is 0 Å². The van der Waals surface area contributed by atoms with E-state index >= 15 is 0 Å². The standard InChI is InChI=1S/C10H13IN2O6S2/c11-9-3-2-7(6-8(9)10(14)15)21(18,19)13-4-1-5-20(12,16)17/h2-3,6,13H,1,4-5H2,(H,14,15)(H2,12,16,17). The lowest BCUT2D eigenvalue weighted by Crippen LogP contribution is -2.27. The lowest BCUT2D eigenvalue weighted by molar-refractivity contribution is 0.0695. The minimum atomic E-state index is -3.90. The molecule has 0 unspecified atom stereocenters. The van der Waals surface area contributed by atoms with E-state index in [0.29, 0.717) is 3.57 Å². The molecule has 8 nitrogen and oxygen atoms in total. The molecule has 11 heteroatoms. The predicted octanol–water partition coefficient (Wildman–Crippen LogP) is -0.0537. The lowest BCUT2D eigenvalue weighted by Gasteiger charge is -2.08. The zero-order chi connectivity index (χ0) is 16.3. The third-order valence-corrected chi connectivity index (χ3v) is 5.63. The van der Waals surface area contributed by atoms with Crippen LogP contribution in [0.5, 0.6) is 0 Å². The monoisotopic (exact) mass is 448 g/mol. The highest BCUT2D eigenvalue weighted by molar-refractivity contribution is 14.1. The fourth-order valence-electron chi connectivity index (χ4n) is 1.40. The van der Waals surface area contributed by atoms with Crippen molar-refractivity contribution < 1.29 is 26.7 Å². The Labute approximate surface area is 136 Å². The number of rotatable bonds is 7. The maximum absolute atomic E-state index is 12.0. The second-order valence-corrected chi connectivity index (χ2v) is 8.73. The van der Waals surface area contributed by atoms with Gasteiger partial charge in [-0.05, 0) is 47.2 Å². The second-order valence-electron chi connectivity index (χ2n) is 4.07. The topological polar surface area (TPSA) is 144 Å². The number of carboxylic acid groups (broad SMARTS) is 1. The Morgan fingerprint density at radius 1 is 1.29 bits per heavy atom. The molecule has 0 aliphatic carbocycles. The molecular formula is C10H13IN2O6S2. The Morgan fingerprint density at radius 3 is 2.43 bits per heavy atom. The molecule has 118 valence electrons. The molecule has 1 aromatic carbocycles. The van der Waals surface area contributed by atoms with Gasteiger partial charge in [-0.25, -0.2) is 31.5 Å². The molecule has 1 rings (SSSR count). The number of hydrogen-bond donors (Lipinski definition) is 3. The molecule has 0 aromatic heterocycles. The molecule has 0 fully saturated rings. The van der Waals surface area contributed by atoms with Crippen molar-refractivity contribution in [1.82, 2.24) is 4.72 Å². The third kappa shape index (κ3) is 5.86. The van der Waals surface area contributed by atoms with E-state index in [0.717, 1.165) is 6.07 Å². The Bertz CT molecular complexity index is 745. The van der Waals surface area contributed by atoms with Gasteiger partial charge in [0.2, 0.25) is 20.0 Å². The molecule has 0 saturated heterocycles. The minimum Gasteiger partial charge on any atom is -0.478 e. The quantitative estimate of drug-likeness (QED) is 0.394. The SMILES string of the molecule is NS(=O)(=O)CCCNS(=O)(=O)c1ccc(I)c(C(=O)O)c1. The van der Waals surface area contributed by atoms with Crippen LogP contribution < -0.4 is 9.86 Å². The molecule has 0 amide bonds. The van der Waals surface area contributed by atoms with E-state index in [9.17, 15) is 21.6 Å². The Kier molecular flexibility index (Phi) is 6.10. The number of primary sulfonamides is 1. The number of benzene rings is 1. The predicted molar refractivity (Wildman–Crippen MR) is 83.9 cm³/mol. The first kappa shape index (κ1) is 18.3. The zero-order valence-electron chi connectivity index (χ0n) is 10.6. The zero-order valence-corrected chi connectivity index (χ0v) is 14.4. The summed E-state index contributed by atoms with van der Waals surface area (Å²) in [7, 11) is -7.55. The van der Waals surface area contributed by atoms with Crippen molar-refractivity contribution in [3.05, 3.63) is 27.3 Å². The van der Waals surface area contributed by atoms with Gasteiger partial charge in [-0.3, -0.25) is 0 Å². The van der Waals surface area contributed by atoms with E-state index in [2.05, 4.69) is 4.72 Å². The number of nitrogens with two attached hydrogens (primary N) is 1. The summed E-state index contributed by atoms with van der Waals surface area (Å²) >= 11 is 1.79. The van der Waals surface area contributed by atoms with Gasteiger partial charge in [-0.15, -0.1) is 0 Å². The third-order valence-electron chi connectivity index (χ3n) is 2.38. The molecule has 0 radical (unpaired) electrons. The van der Waals surface area contributed by atoms with Crippen LogP contribution in [0.4, 0.5) is 0 Å². The largest absolute Gasteiger partial charge is 0.478 e. The smallest absolute Gasteiger partial charge is 0.336 e. The molecule has 0 atom stereocenters. The Hall–Kier alpha value is -0.760. The van der Waals surface area contributed by atoms with Crippen molar-refractivity contribution in [2.24, 2.45) is 5.14 Å². The number of hydrogen-bond acceptors (Lipinski definition) is 5. The van der Waals surface area contributed by atoms with E-state index in [4.69, 9.17) is 10.2 Å². The summed E-state index contributed by atoms with van der Waals surface area (Å²) in [4.78, 5) is 10.8. The molecule has 0 saturated carbocycles. The van der Waals surface area contributed by atoms with Crippen molar-refractivity contribution in [2.45, 2.75) is 11.3 Å². The number of carbonyl (C=O) groups is 1. The fraction of sp³-hybridized carbons (Fsp3) is 0.300. The molecule has 0 aliphatic rings. The number of aromatic carboxylic acids is 1. The first-order chi connectivity index (χ1) is 9.53. The molecular weight excluding hydrogens is 435 g/mol. The average molecular weight is 448 g/mol. The van der Waals surface area contributed by atoms with Gasteiger partial charge in [-0.1, -0.05) is 0 Å². The molecule has 1 aromatic rings. The molecule has 0 heterocycles. The van der Waals surface area contributed by atoms with Crippen molar-refractivity contribution >= 4 is 48.6 Å². The van der Waals surface area contributed by atoms with Gasteiger partial charge in [0.05, 0.1) is 16.2 Å². The normalized spacial score (nSPS) is 12.3. The summed E-state index contributed by atoms with van der Waals surface area (Å²) in [6.45, 7) is -0.118. The number of halogens is 1. The van der Waals surface area contributed by atoms with E-state index in [-0.39, 0.29) is 29.2 Å². The number of nitrogens with one attached hydrogen (secondary N) is 1. The molecule has 0 bridgehead atoms. The molecule has 21 heavy (non-hydrogen) atoms. The summed E-state index contributed by atoms with van der Waals surface area (Å²) in [5.41, 5.74) is -0.122. The minimum absolute atomic E-state index is 0.0220. The van der Waals surface area contributed by atoms with Crippen LogP contribution in [0.2, 0.25) is 0 Å². The van der Waals surface area contributed by atoms with Crippen LogP contribution in [-0.4, -0.2) is 40.2 Å². The van der Waals surface area contributed by atoms with Crippen LogP contribution >= 0.6 is 22.6 Å². The van der Waals surface area contributed by atoms with Gasteiger partial charge < -0.3 is 5.11 Å². The molecule has 0 spiro atoms. The Balaban J connectivity index is 2.84. The maximum atomic E-state index is 12.0. The highest BCUT2D eigenvalue weighted by Gasteiger charge is 2.18. The van der Waals surface area contributed by atoms with Crippen LogP contribution in [0.15, 0.2) is 23.1 Å². The first-order valence-electron chi connectivity index (χ1n) is 5.56. The highest BCUT2D eigenvalue weighted by atomic mass is 127. The van der Waals surface area contributed by atoms with Crippen molar-refractivity contribution in [2.75, 3.05) is 12.3 Å². The van der Waals surface area contributed by atoms with Crippen LogP contribution in [0, 0.1) is 3.57 Å². The van der Waals surface area contributed by atoms with Gasteiger partial charge >= 0.3 is 5.97 Å². The first-order valence-corrected chi connectivity index (χ1v) is 9.83. The van der Waals surface area contributed by atoms with Crippen LogP contribution in [-0.2, 0) is 20.0 Å². The number of carboxylic acids is 1. The summed E-state index contributed by atoms with van der Waals surface area (Å²) < 4.78 is 47.9. The van der Waals surface area contributed by atoms with Crippen molar-refractivity contribution in [3.8, 4) is 0 Å². The summed E-state index contributed by atoms with van der Waals surface area (Å²) in [5.74, 6) is -1.58. The summed E-state index contributed by atoms with van der Waals surface area (Å²) in [5, 5.41) is 13.8. The van der Waals surface area contributed by atoms with Gasteiger partial charge in [0.1, 0.15) is 0 Å². The summed E-state index contributed by atoms with van der Waals surface area (Å²) in [6, 6.07) is 3.70. The average Bonchev–Trinajstić information content (AvgIpc) is 2.33. The van der Waals surface area contributed by atoms with Crippen molar-refractivity contribution in [3.63, 3.8) is 0 Å². The molecule has 0 aliphatic heterocycles. The second kappa shape index (κ2) is 7.00. The highest BCUT2D eigenvalue weighted by Crippen LogP contribution is 2.18. The van der Waals surface area contributed by atoms with Crippen LogP contribution in [0.1, 0.15) is 16.8 Å². The fourth-order valence-corrected chi connectivity index (χ4v) is 3.61. The maximum Gasteiger partial charge on any atom is 0.336 e. The van der Waals surface area contributed by atoms with Gasteiger partial charge in [0.15, 0.2) is 0 Å². The van der Waals surface area contributed by atoms with Gasteiger partial charge in [0, 0.05) is 10.1 Å².